The Morgan fingerprint density at radius 3 is 2.50 bits per heavy atom. The number of ether oxygens (including phenoxy) is 1. The van der Waals surface area contributed by atoms with Crippen molar-refractivity contribution in [3.63, 3.8) is 0 Å². The number of amides is 1. The molecule has 0 aliphatic carbocycles. The minimum absolute atomic E-state index is 0.0655. The van der Waals surface area contributed by atoms with Gasteiger partial charge in [-0.15, -0.1) is 0 Å². The van der Waals surface area contributed by atoms with Crippen LogP contribution in [0.1, 0.15) is 32.3 Å². The molecule has 1 heterocycles. The Balaban J connectivity index is 1.91. The summed E-state index contributed by atoms with van der Waals surface area (Å²) in [5.41, 5.74) is 1.02. The van der Waals surface area contributed by atoms with Crippen LogP contribution in [-0.4, -0.2) is 42.2 Å². The molecule has 0 spiro atoms. The highest BCUT2D eigenvalue weighted by Gasteiger charge is 2.47. The number of nitrogens with zero attached hydrogens (tertiary/aromatic N) is 1. The van der Waals surface area contributed by atoms with Gasteiger partial charge in [0.2, 0.25) is 5.91 Å². The van der Waals surface area contributed by atoms with Gasteiger partial charge in [0.15, 0.2) is 0 Å². The van der Waals surface area contributed by atoms with Gasteiger partial charge in [-0.1, -0.05) is 12.1 Å². The zero-order valence-corrected chi connectivity index (χ0v) is 13.9. The molecule has 0 radical (unpaired) electrons. The maximum absolute atomic E-state index is 13.0. The van der Waals surface area contributed by atoms with E-state index < -0.39 is 18.1 Å². The highest BCUT2D eigenvalue weighted by atomic mass is 19.4. The maximum atomic E-state index is 13.0. The zero-order chi connectivity index (χ0) is 17.7. The molecule has 1 fully saturated rings. The summed E-state index contributed by atoms with van der Waals surface area (Å²) in [5, 5.41) is 3.24. The van der Waals surface area contributed by atoms with Crippen LogP contribution in [-0.2, 0) is 11.3 Å². The Morgan fingerprint density at radius 2 is 1.96 bits per heavy atom. The van der Waals surface area contributed by atoms with Gasteiger partial charge >= 0.3 is 6.18 Å². The molecule has 0 bridgehead atoms. The monoisotopic (exact) mass is 344 g/mol. The molecular weight excluding hydrogens is 321 g/mol. The first-order chi connectivity index (χ1) is 11.3. The average molecular weight is 344 g/mol. The number of hydrogen-bond acceptors (Lipinski definition) is 3. The molecule has 1 aromatic rings. The predicted molar refractivity (Wildman–Crippen MR) is 84.7 cm³/mol. The Bertz CT molecular complexity index is 546. The summed E-state index contributed by atoms with van der Waals surface area (Å²) < 4.78 is 44.4. The molecule has 2 unspecified atom stereocenters. The van der Waals surface area contributed by atoms with E-state index in [1.54, 1.807) is 0 Å². The number of rotatable bonds is 5. The molecular formula is C17H23F3N2O2. The highest BCUT2D eigenvalue weighted by molar-refractivity contribution is 5.74. The fourth-order valence-electron chi connectivity index (χ4n) is 2.96. The van der Waals surface area contributed by atoms with Crippen LogP contribution in [0.15, 0.2) is 24.3 Å². The standard InChI is InChI=1S/C17H23F3N2O2/c1-3-24-15-7-4-13(5-8-15)10-21-14-6-9-16(17(18,19)20)22(11-14)12(2)23/h4-5,7-8,14,16,21H,3,6,9-11H2,1-2H3. The number of nitrogens with one attached hydrogen (secondary N) is 1. The van der Waals surface area contributed by atoms with Crippen molar-refractivity contribution in [2.24, 2.45) is 0 Å². The lowest BCUT2D eigenvalue weighted by atomic mass is 9.97. The third kappa shape index (κ3) is 4.87. The van der Waals surface area contributed by atoms with Crippen LogP contribution in [0.5, 0.6) is 5.75 Å². The van der Waals surface area contributed by atoms with E-state index in [4.69, 9.17) is 4.74 Å². The first-order valence-electron chi connectivity index (χ1n) is 8.10. The Hall–Kier alpha value is -1.76. The molecule has 134 valence electrons. The Morgan fingerprint density at radius 1 is 1.29 bits per heavy atom. The third-order valence-electron chi connectivity index (χ3n) is 4.19. The summed E-state index contributed by atoms with van der Waals surface area (Å²) in [7, 11) is 0. The van der Waals surface area contributed by atoms with E-state index in [1.165, 1.54) is 6.92 Å². The van der Waals surface area contributed by atoms with Crippen LogP contribution in [0.4, 0.5) is 13.2 Å². The van der Waals surface area contributed by atoms with Gasteiger partial charge in [0.05, 0.1) is 6.61 Å². The first-order valence-corrected chi connectivity index (χ1v) is 8.10. The van der Waals surface area contributed by atoms with Crippen molar-refractivity contribution in [2.75, 3.05) is 13.2 Å². The maximum Gasteiger partial charge on any atom is 0.408 e. The van der Waals surface area contributed by atoms with Crippen LogP contribution in [0.25, 0.3) is 0 Å². The molecule has 0 saturated carbocycles. The second-order valence-corrected chi connectivity index (χ2v) is 5.96. The number of benzene rings is 1. The molecule has 4 nitrogen and oxygen atoms in total. The quantitative estimate of drug-likeness (QED) is 0.892. The first kappa shape index (κ1) is 18.6. The Kier molecular flexibility index (Phi) is 6.10. The molecule has 7 heteroatoms. The predicted octanol–water partition coefficient (Wildman–Crippen LogP) is 3.12. The number of halogens is 3. The summed E-state index contributed by atoms with van der Waals surface area (Å²) in [6, 6.07) is 5.76. The number of likely N-dealkylation sites (tertiary alicyclic amines) is 1. The van der Waals surface area contributed by atoms with E-state index in [9.17, 15) is 18.0 Å². The lowest BCUT2D eigenvalue weighted by Crippen LogP contribution is -2.56. The SMILES string of the molecule is CCOc1ccc(CNC2CCC(C(F)(F)F)N(C(C)=O)C2)cc1. The topological polar surface area (TPSA) is 41.6 Å². The Labute approximate surface area is 140 Å². The van der Waals surface area contributed by atoms with Gasteiger partial charge in [-0.2, -0.15) is 13.2 Å². The van der Waals surface area contributed by atoms with E-state index in [2.05, 4.69) is 5.32 Å². The zero-order valence-electron chi connectivity index (χ0n) is 13.9. The molecule has 2 rings (SSSR count). The van der Waals surface area contributed by atoms with E-state index in [0.29, 0.717) is 19.6 Å². The molecule has 1 amide bonds. The summed E-state index contributed by atoms with van der Waals surface area (Å²) in [6.45, 7) is 4.32. The number of carbonyl (C=O) groups excluding carboxylic acids is 1. The van der Waals surface area contributed by atoms with Crippen molar-refractivity contribution in [3.05, 3.63) is 29.8 Å². The van der Waals surface area contributed by atoms with Gasteiger partial charge in [0.1, 0.15) is 11.8 Å². The van der Waals surface area contributed by atoms with Gasteiger partial charge in [-0.05, 0) is 37.5 Å². The minimum Gasteiger partial charge on any atom is -0.494 e. The molecule has 1 saturated heterocycles. The second kappa shape index (κ2) is 7.88. The highest BCUT2D eigenvalue weighted by Crippen LogP contribution is 2.32. The number of carbonyl (C=O) groups is 1. The number of hydrogen-bond donors (Lipinski definition) is 1. The largest absolute Gasteiger partial charge is 0.494 e. The van der Waals surface area contributed by atoms with Crippen LogP contribution >= 0.6 is 0 Å². The lowest BCUT2D eigenvalue weighted by Gasteiger charge is -2.40. The molecule has 1 aliphatic rings. The van der Waals surface area contributed by atoms with Crippen LogP contribution in [0.3, 0.4) is 0 Å². The summed E-state index contributed by atoms with van der Waals surface area (Å²) in [4.78, 5) is 12.5. The van der Waals surface area contributed by atoms with Crippen molar-refractivity contribution in [1.82, 2.24) is 10.2 Å². The molecule has 2 atom stereocenters. The van der Waals surface area contributed by atoms with E-state index >= 15 is 0 Å². The molecule has 0 aromatic heterocycles. The van der Waals surface area contributed by atoms with Gasteiger partial charge in [0, 0.05) is 26.1 Å². The summed E-state index contributed by atoms with van der Waals surface area (Å²) >= 11 is 0. The average Bonchev–Trinajstić information content (AvgIpc) is 2.53. The normalized spacial score (nSPS) is 21.6. The van der Waals surface area contributed by atoms with E-state index in [-0.39, 0.29) is 19.0 Å². The van der Waals surface area contributed by atoms with Crippen molar-refractivity contribution < 1.29 is 22.7 Å². The van der Waals surface area contributed by atoms with Crippen molar-refractivity contribution in [2.45, 2.75) is 51.5 Å². The number of alkyl halides is 3. The van der Waals surface area contributed by atoms with Crippen molar-refractivity contribution in [1.29, 1.82) is 0 Å². The summed E-state index contributed by atoms with van der Waals surface area (Å²) in [6.07, 6.45) is -4.04. The fraction of sp³-hybridized carbons (Fsp3) is 0.588. The second-order valence-electron chi connectivity index (χ2n) is 5.96. The molecule has 24 heavy (non-hydrogen) atoms. The smallest absolute Gasteiger partial charge is 0.408 e. The van der Waals surface area contributed by atoms with Crippen molar-refractivity contribution in [3.8, 4) is 5.75 Å². The van der Waals surface area contributed by atoms with E-state index in [0.717, 1.165) is 16.2 Å². The van der Waals surface area contributed by atoms with Gasteiger partial charge < -0.3 is 15.0 Å². The lowest BCUT2D eigenvalue weighted by molar-refractivity contribution is -0.196. The van der Waals surface area contributed by atoms with Crippen LogP contribution in [0.2, 0.25) is 0 Å². The third-order valence-corrected chi connectivity index (χ3v) is 4.19. The summed E-state index contributed by atoms with van der Waals surface area (Å²) in [5.74, 6) is 0.250. The fourth-order valence-corrected chi connectivity index (χ4v) is 2.96. The molecule has 1 N–H and O–H groups in total. The van der Waals surface area contributed by atoms with Crippen LogP contribution < -0.4 is 10.1 Å². The number of piperidine rings is 1. The van der Waals surface area contributed by atoms with Gasteiger partial charge in [-0.3, -0.25) is 4.79 Å². The van der Waals surface area contributed by atoms with Crippen molar-refractivity contribution >= 4 is 5.91 Å². The van der Waals surface area contributed by atoms with E-state index in [1.807, 2.05) is 31.2 Å². The minimum atomic E-state index is -4.37. The molecule has 1 aliphatic heterocycles. The van der Waals surface area contributed by atoms with Gasteiger partial charge in [0.25, 0.3) is 0 Å². The molecule has 1 aromatic carbocycles. The van der Waals surface area contributed by atoms with Crippen LogP contribution in [0, 0.1) is 0 Å². The van der Waals surface area contributed by atoms with Gasteiger partial charge in [-0.25, -0.2) is 0 Å².